The molecular formula is C18H20N2O2. The SMILES string of the molecule is COC(CCn1ccnc1)(OC)c1cccc2ccccc12. The topological polar surface area (TPSA) is 36.3 Å². The highest BCUT2D eigenvalue weighted by atomic mass is 16.7. The fourth-order valence-corrected chi connectivity index (χ4v) is 2.89. The second-order valence-electron chi connectivity index (χ2n) is 5.24. The summed E-state index contributed by atoms with van der Waals surface area (Å²) in [5.74, 6) is -0.773. The van der Waals surface area contributed by atoms with Crippen molar-refractivity contribution in [2.24, 2.45) is 0 Å². The highest BCUT2D eigenvalue weighted by Gasteiger charge is 2.33. The molecule has 0 atom stereocenters. The highest BCUT2D eigenvalue weighted by Crippen LogP contribution is 2.35. The molecule has 0 unspecified atom stereocenters. The Morgan fingerprint density at radius 2 is 1.82 bits per heavy atom. The molecule has 1 aromatic heterocycles. The maximum atomic E-state index is 5.82. The fraction of sp³-hybridized carbons (Fsp3) is 0.278. The first-order valence-electron chi connectivity index (χ1n) is 7.33. The van der Waals surface area contributed by atoms with E-state index in [0.29, 0.717) is 6.42 Å². The average Bonchev–Trinajstić information content (AvgIpc) is 3.10. The first-order chi connectivity index (χ1) is 10.8. The number of aromatic nitrogens is 2. The number of ether oxygens (including phenoxy) is 2. The predicted molar refractivity (Wildman–Crippen MR) is 86.5 cm³/mol. The van der Waals surface area contributed by atoms with Gasteiger partial charge in [-0.15, -0.1) is 0 Å². The van der Waals surface area contributed by atoms with Crippen LogP contribution in [-0.2, 0) is 21.8 Å². The molecule has 0 bridgehead atoms. The smallest absolute Gasteiger partial charge is 0.196 e. The Balaban J connectivity index is 2.01. The lowest BCUT2D eigenvalue weighted by molar-refractivity contribution is -0.220. The van der Waals surface area contributed by atoms with Gasteiger partial charge in [-0.2, -0.15) is 0 Å². The summed E-state index contributed by atoms with van der Waals surface area (Å²) in [4.78, 5) is 4.08. The van der Waals surface area contributed by atoms with E-state index in [0.717, 1.165) is 17.5 Å². The summed E-state index contributed by atoms with van der Waals surface area (Å²) < 4.78 is 13.7. The van der Waals surface area contributed by atoms with Crippen LogP contribution in [-0.4, -0.2) is 23.8 Å². The van der Waals surface area contributed by atoms with Crippen LogP contribution in [0.1, 0.15) is 12.0 Å². The summed E-state index contributed by atoms with van der Waals surface area (Å²) in [6, 6.07) is 14.5. The van der Waals surface area contributed by atoms with Gasteiger partial charge in [0, 0.05) is 45.1 Å². The van der Waals surface area contributed by atoms with Gasteiger partial charge in [-0.1, -0.05) is 42.5 Å². The molecule has 0 radical (unpaired) electrons. The molecule has 3 aromatic rings. The van der Waals surface area contributed by atoms with Gasteiger partial charge in [-0.3, -0.25) is 0 Å². The first kappa shape index (κ1) is 14.8. The minimum absolute atomic E-state index is 0.699. The van der Waals surface area contributed by atoms with Crippen LogP contribution in [0.2, 0.25) is 0 Å². The second-order valence-corrected chi connectivity index (χ2v) is 5.24. The Morgan fingerprint density at radius 1 is 1.05 bits per heavy atom. The molecule has 2 aromatic carbocycles. The Labute approximate surface area is 130 Å². The zero-order valence-electron chi connectivity index (χ0n) is 12.9. The largest absolute Gasteiger partial charge is 0.349 e. The molecule has 0 saturated heterocycles. The molecule has 0 aliphatic carbocycles. The van der Waals surface area contributed by atoms with Crippen molar-refractivity contribution in [3.8, 4) is 0 Å². The standard InChI is InChI=1S/C18H20N2O2/c1-21-18(22-2,10-12-20-13-11-19-14-20)17-9-5-7-15-6-3-4-8-16(15)17/h3-9,11,13-14H,10,12H2,1-2H3. The highest BCUT2D eigenvalue weighted by molar-refractivity contribution is 5.86. The normalized spacial score (nSPS) is 11.9. The van der Waals surface area contributed by atoms with Crippen molar-refractivity contribution in [2.75, 3.05) is 14.2 Å². The van der Waals surface area contributed by atoms with Crippen LogP contribution in [0.4, 0.5) is 0 Å². The molecular weight excluding hydrogens is 276 g/mol. The second kappa shape index (κ2) is 6.30. The third-order valence-electron chi connectivity index (χ3n) is 4.12. The van der Waals surface area contributed by atoms with Crippen molar-refractivity contribution < 1.29 is 9.47 Å². The van der Waals surface area contributed by atoms with Crippen LogP contribution in [0.3, 0.4) is 0 Å². The summed E-state index contributed by atoms with van der Waals surface area (Å²) in [6.45, 7) is 0.769. The molecule has 114 valence electrons. The molecule has 0 fully saturated rings. The molecule has 1 heterocycles. The molecule has 0 aliphatic rings. The van der Waals surface area contributed by atoms with Crippen LogP contribution in [0.25, 0.3) is 10.8 Å². The van der Waals surface area contributed by atoms with Gasteiger partial charge in [0.1, 0.15) is 0 Å². The Morgan fingerprint density at radius 3 is 2.55 bits per heavy atom. The lowest BCUT2D eigenvalue weighted by Crippen LogP contribution is -2.32. The molecule has 0 spiro atoms. The van der Waals surface area contributed by atoms with Crippen molar-refractivity contribution in [1.29, 1.82) is 0 Å². The van der Waals surface area contributed by atoms with Crippen LogP contribution in [0.15, 0.2) is 61.2 Å². The zero-order valence-corrected chi connectivity index (χ0v) is 12.9. The van der Waals surface area contributed by atoms with Gasteiger partial charge < -0.3 is 14.0 Å². The Kier molecular flexibility index (Phi) is 4.22. The van der Waals surface area contributed by atoms with Crippen molar-refractivity contribution in [1.82, 2.24) is 9.55 Å². The van der Waals surface area contributed by atoms with Gasteiger partial charge in [0.2, 0.25) is 0 Å². The van der Waals surface area contributed by atoms with E-state index in [1.807, 2.05) is 29.0 Å². The number of fused-ring (bicyclic) bond motifs is 1. The fourth-order valence-electron chi connectivity index (χ4n) is 2.89. The third kappa shape index (κ3) is 2.63. The lowest BCUT2D eigenvalue weighted by atomic mass is 9.95. The number of aryl methyl sites for hydroxylation is 1. The maximum Gasteiger partial charge on any atom is 0.196 e. The van der Waals surface area contributed by atoms with E-state index in [1.54, 1.807) is 26.7 Å². The molecule has 4 heteroatoms. The molecule has 4 nitrogen and oxygen atoms in total. The summed E-state index contributed by atoms with van der Waals surface area (Å²) in [5.41, 5.74) is 1.05. The van der Waals surface area contributed by atoms with E-state index in [9.17, 15) is 0 Å². The number of rotatable bonds is 6. The zero-order chi connectivity index (χ0) is 15.4. The van der Waals surface area contributed by atoms with Gasteiger partial charge >= 0.3 is 0 Å². The van der Waals surface area contributed by atoms with Gasteiger partial charge in [-0.05, 0) is 10.8 Å². The number of imidazole rings is 1. The van der Waals surface area contributed by atoms with Crippen LogP contribution in [0.5, 0.6) is 0 Å². The molecule has 22 heavy (non-hydrogen) atoms. The molecule has 0 aliphatic heterocycles. The summed E-state index contributed by atoms with van der Waals surface area (Å²) in [5, 5.41) is 2.33. The monoisotopic (exact) mass is 296 g/mol. The average molecular weight is 296 g/mol. The van der Waals surface area contributed by atoms with E-state index in [-0.39, 0.29) is 0 Å². The molecule has 0 amide bonds. The number of hydrogen-bond donors (Lipinski definition) is 0. The van der Waals surface area contributed by atoms with E-state index < -0.39 is 5.79 Å². The minimum atomic E-state index is -0.773. The maximum absolute atomic E-state index is 5.82. The number of nitrogens with zero attached hydrogens (tertiary/aromatic N) is 2. The Hall–Kier alpha value is -2.17. The quantitative estimate of drug-likeness (QED) is 0.652. The van der Waals surface area contributed by atoms with Crippen molar-refractivity contribution in [3.63, 3.8) is 0 Å². The Bertz CT molecular complexity index is 728. The van der Waals surface area contributed by atoms with Crippen molar-refractivity contribution >= 4 is 10.8 Å². The van der Waals surface area contributed by atoms with Crippen LogP contribution < -0.4 is 0 Å². The number of benzene rings is 2. The molecule has 3 rings (SSSR count). The third-order valence-corrected chi connectivity index (χ3v) is 4.12. The van der Waals surface area contributed by atoms with Gasteiger partial charge in [0.05, 0.1) is 6.33 Å². The molecule has 0 N–H and O–H groups in total. The minimum Gasteiger partial charge on any atom is -0.349 e. The van der Waals surface area contributed by atoms with Crippen LogP contribution >= 0.6 is 0 Å². The van der Waals surface area contributed by atoms with Crippen LogP contribution in [0, 0.1) is 0 Å². The molecule has 0 saturated carbocycles. The van der Waals surface area contributed by atoms with Gasteiger partial charge in [0.25, 0.3) is 0 Å². The predicted octanol–water partition coefficient (Wildman–Crippen LogP) is 3.57. The summed E-state index contributed by atoms with van der Waals surface area (Å²) in [6.07, 6.45) is 6.22. The van der Waals surface area contributed by atoms with E-state index >= 15 is 0 Å². The van der Waals surface area contributed by atoms with Gasteiger partial charge in [-0.25, -0.2) is 4.98 Å². The van der Waals surface area contributed by atoms with Crippen molar-refractivity contribution in [3.05, 3.63) is 66.7 Å². The van der Waals surface area contributed by atoms with E-state index in [1.165, 1.54) is 5.39 Å². The van der Waals surface area contributed by atoms with Crippen molar-refractivity contribution in [2.45, 2.75) is 18.8 Å². The first-order valence-corrected chi connectivity index (χ1v) is 7.33. The van der Waals surface area contributed by atoms with Gasteiger partial charge in [0.15, 0.2) is 5.79 Å². The van der Waals surface area contributed by atoms with E-state index in [2.05, 4.69) is 29.2 Å². The summed E-state index contributed by atoms with van der Waals surface area (Å²) in [7, 11) is 3.39. The van der Waals surface area contributed by atoms with E-state index in [4.69, 9.17) is 9.47 Å². The summed E-state index contributed by atoms with van der Waals surface area (Å²) >= 11 is 0. The lowest BCUT2D eigenvalue weighted by Gasteiger charge is -2.32. The number of hydrogen-bond acceptors (Lipinski definition) is 3. The number of methoxy groups -OCH3 is 2.